The summed E-state index contributed by atoms with van der Waals surface area (Å²) in [6.07, 6.45) is 1.99. The minimum atomic E-state index is -0.579. The number of carbonyl (C=O) groups excluding carboxylic acids is 2. The maximum Gasteiger partial charge on any atom is 0.318 e. The Kier molecular flexibility index (Phi) is 6.76. The summed E-state index contributed by atoms with van der Waals surface area (Å²) in [6.45, 7) is 4.30. The Hall–Kier alpha value is -4.40. The van der Waals surface area contributed by atoms with Gasteiger partial charge in [0.1, 0.15) is 11.6 Å². The van der Waals surface area contributed by atoms with E-state index in [-0.39, 0.29) is 43.9 Å². The number of aromatic nitrogens is 3. The van der Waals surface area contributed by atoms with Crippen LogP contribution in [-0.4, -0.2) is 44.4 Å². The number of carbonyl (C=O) groups is 2. The summed E-state index contributed by atoms with van der Waals surface area (Å²) in [7, 11) is 0. The molecule has 1 atom stereocenters. The lowest BCUT2D eigenvalue weighted by Crippen LogP contribution is -2.42. The average Bonchev–Trinajstić information content (AvgIpc) is 3.45. The van der Waals surface area contributed by atoms with E-state index in [2.05, 4.69) is 5.32 Å². The van der Waals surface area contributed by atoms with Crippen LogP contribution >= 0.6 is 0 Å². The summed E-state index contributed by atoms with van der Waals surface area (Å²) in [5.74, 6) is 0.0649. The second-order valence-electron chi connectivity index (χ2n) is 8.81. The molecule has 9 heteroatoms. The molecule has 190 valence electrons. The molecule has 0 saturated carbocycles. The molecule has 8 nitrogen and oxygen atoms in total. The summed E-state index contributed by atoms with van der Waals surface area (Å²) >= 11 is 0. The molecule has 2 amide bonds. The van der Waals surface area contributed by atoms with E-state index in [4.69, 9.17) is 9.84 Å². The molecule has 0 aliphatic carbocycles. The van der Waals surface area contributed by atoms with Gasteiger partial charge in [-0.05, 0) is 55.8 Å². The number of amides is 2. The van der Waals surface area contributed by atoms with E-state index in [9.17, 15) is 14.0 Å². The van der Waals surface area contributed by atoms with Crippen molar-refractivity contribution in [3.63, 3.8) is 0 Å². The van der Waals surface area contributed by atoms with Crippen molar-refractivity contribution < 1.29 is 18.7 Å². The Bertz CT molecular complexity index is 1430. The molecule has 0 saturated heterocycles. The van der Waals surface area contributed by atoms with Crippen molar-refractivity contribution in [1.29, 1.82) is 0 Å². The Labute approximate surface area is 214 Å². The van der Waals surface area contributed by atoms with E-state index in [0.29, 0.717) is 5.56 Å². The number of fused-ring (bicyclic) bond motifs is 3. The van der Waals surface area contributed by atoms with Crippen LogP contribution < -0.4 is 5.32 Å². The van der Waals surface area contributed by atoms with Crippen LogP contribution in [-0.2, 0) is 16.1 Å². The summed E-state index contributed by atoms with van der Waals surface area (Å²) in [5, 5.41) is 7.66. The number of aryl methyl sites for hydroxylation is 1. The van der Waals surface area contributed by atoms with Crippen LogP contribution in [0.2, 0.25) is 0 Å². The Morgan fingerprint density at radius 3 is 2.68 bits per heavy atom. The lowest BCUT2D eigenvalue weighted by Gasteiger charge is -2.31. The van der Waals surface area contributed by atoms with Gasteiger partial charge < -0.3 is 19.5 Å². The van der Waals surface area contributed by atoms with E-state index in [1.807, 2.05) is 70.9 Å². The van der Waals surface area contributed by atoms with Gasteiger partial charge in [-0.15, -0.1) is 0 Å². The zero-order chi connectivity index (χ0) is 25.9. The molecular formula is C28H28FN5O3. The molecule has 0 spiro atoms. The van der Waals surface area contributed by atoms with E-state index in [1.54, 1.807) is 17.9 Å². The smallest absolute Gasteiger partial charge is 0.318 e. The fourth-order valence-corrected chi connectivity index (χ4v) is 4.78. The van der Waals surface area contributed by atoms with Gasteiger partial charge in [0.2, 0.25) is 0 Å². The number of hydrogen-bond donors (Lipinski definition) is 1. The number of esters is 1. The average molecular weight is 502 g/mol. The first-order valence-corrected chi connectivity index (χ1v) is 12.2. The summed E-state index contributed by atoms with van der Waals surface area (Å²) in [5.41, 5.74) is 3.98. The largest absolute Gasteiger partial charge is 0.466 e. The molecule has 37 heavy (non-hydrogen) atoms. The quantitative estimate of drug-likeness (QED) is 0.389. The first kappa shape index (κ1) is 24.3. The maximum absolute atomic E-state index is 14.4. The number of benzene rings is 2. The van der Waals surface area contributed by atoms with Gasteiger partial charge in [-0.25, -0.2) is 13.9 Å². The fourth-order valence-electron chi connectivity index (χ4n) is 4.78. The predicted octanol–water partition coefficient (Wildman–Crippen LogP) is 4.68. The summed E-state index contributed by atoms with van der Waals surface area (Å²) < 4.78 is 23.2. The number of hydrogen-bond acceptors (Lipinski definition) is 4. The highest BCUT2D eigenvalue weighted by molar-refractivity contribution is 5.77. The van der Waals surface area contributed by atoms with E-state index in [1.165, 1.54) is 12.1 Å². The second-order valence-corrected chi connectivity index (χ2v) is 8.81. The predicted molar refractivity (Wildman–Crippen MR) is 136 cm³/mol. The number of urea groups is 1. The van der Waals surface area contributed by atoms with Gasteiger partial charge in [0.15, 0.2) is 0 Å². The van der Waals surface area contributed by atoms with Crippen LogP contribution in [0.1, 0.15) is 41.9 Å². The molecule has 1 aliphatic heterocycles. The first-order chi connectivity index (χ1) is 18.0. The van der Waals surface area contributed by atoms with E-state index >= 15 is 0 Å². The molecule has 1 N–H and O–H groups in total. The molecule has 2 aromatic heterocycles. The number of halogens is 1. The van der Waals surface area contributed by atoms with Gasteiger partial charge in [0.05, 0.1) is 42.7 Å². The van der Waals surface area contributed by atoms with E-state index < -0.39 is 6.04 Å². The third-order valence-electron chi connectivity index (χ3n) is 6.42. The lowest BCUT2D eigenvalue weighted by molar-refractivity contribution is -0.142. The number of rotatable bonds is 6. The molecule has 0 radical (unpaired) electrons. The molecule has 3 heterocycles. The Morgan fingerprint density at radius 2 is 1.92 bits per heavy atom. The van der Waals surface area contributed by atoms with Crippen molar-refractivity contribution >= 4 is 12.0 Å². The third-order valence-corrected chi connectivity index (χ3v) is 6.42. The third kappa shape index (κ3) is 4.72. The number of nitrogens with one attached hydrogen (secondary N) is 1. The first-order valence-electron chi connectivity index (χ1n) is 12.2. The fraction of sp³-hybridized carbons (Fsp3) is 0.250. The molecule has 1 unspecified atom stereocenters. The van der Waals surface area contributed by atoms with Crippen molar-refractivity contribution in [2.75, 3.05) is 13.2 Å². The maximum atomic E-state index is 14.4. The van der Waals surface area contributed by atoms with Crippen LogP contribution in [0.25, 0.3) is 11.5 Å². The summed E-state index contributed by atoms with van der Waals surface area (Å²) in [6, 6.07) is 19.0. The SMILES string of the molecule is CCOC(=O)CCNC(=O)N1Cc2c(C)nn(-c3ccccc3)c2-n2cccc2C1c1cccc(F)c1. The highest BCUT2D eigenvalue weighted by Gasteiger charge is 2.36. The van der Waals surface area contributed by atoms with Gasteiger partial charge in [0.25, 0.3) is 0 Å². The second kappa shape index (κ2) is 10.3. The van der Waals surface area contributed by atoms with Crippen LogP contribution in [0.15, 0.2) is 72.9 Å². The highest BCUT2D eigenvalue weighted by atomic mass is 19.1. The standard InChI is InChI=1S/C28H28FN5O3/c1-3-37-25(35)14-15-30-28(36)33-18-23-19(2)31-34(22-11-5-4-6-12-22)27(23)32-16-8-13-24(32)26(33)20-9-7-10-21(29)17-20/h4-13,16-17,26H,3,14-15,18H2,1-2H3,(H,30,36). The number of para-hydroxylation sites is 1. The van der Waals surface area contributed by atoms with Gasteiger partial charge in [-0.2, -0.15) is 5.10 Å². The van der Waals surface area contributed by atoms with E-state index in [0.717, 1.165) is 28.5 Å². The van der Waals surface area contributed by atoms with Crippen LogP contribution in [0.5, 0.6) is 0 Å². The van der Waals surface area contributed by atoms with Crippen LogP contribution in [0.4, 0.5) is 9.18 Å². The van der Waals surface area contributed by atoms with Gasteiger partial charge >= 0.3 is 12.0 Å². The Morgan fingerprint density at radius 1 is 1.11 bits per heavy atom. The van der Waals surface area contributed by atoms with Crippen molar-refractivity contribution in [2.24, 2.45) is 0 Å². The molecule has 4 aromatic rings. The highest BCUT2D eigenvalue weighted by Crippen LogP contribution is 2.38. The molecule has 2 aromatic carbocycles. The minimum absolute atomic E-state index is 0.0602. The zero-order valence-electron chi connectivity index (χ0n) is 20.7. The molecule has 0 bridgehead atoms. The lowest BCUT2D eigenvalue weighted by atomic mass is 10.0. The van der Waals surface area contributed by atoms with Gasteiger partial charge in [0, 0.05) is 18.3 Å². The van der Waals surface area contributed by atoms with Crippen molar-refractivity contribution in [1.82, 2.24) is 24.6 Å². The van der Waals surface area contributed by atoms with Gasteiger partial charge in [-0.1, -0.05) is 30.3 Å². The topological polar surface area (TPSA) is 81.4 Å². The Balaban J connectivity index is 1.61. The summed E-state index contributed by atoms with van der Waals surface area (Å²) in [4.78, 5) is 27.1. The van der Waals surface area contributed by atoms with Crippen molar-refractivity contribution in [2.45, 2.75) is 32.9 Å². The van der Waals surface area contributed by atoms with Crippen LogP contribution in [0, 0.1) is 12.7 Å². The van der Waals surface area contributed by atoms with Crippen molar-refractivity contribution in [3.8, 4) is 11.5 Å². The minimum Gasteiger partial charge on any atom is -0.466 e. The monoisotopic (exact) mass is 501 g/mol. The zero-order valence-corrected chi connectivity index (χ0v) is 20.7. The van der Waals surface area contributed by atoms with Crippen LogP contribution in [0.3, 0.4) is 0 Å². The molecule has 0 fully saturated rings. The normalized spacial score (nSPS) is 14.5. The molecule has 5 rings (SSSR count). The van der Waals surface area contributed by atoms with Gasteiger partial charge in [-0.3, -0.25) is 4.79 Å². The molecule has 1 aliphatic rings. The number of nitrogens with zero attached hydrogens (tertiary/aromatic N) is 4. The van der Waals surface area contributed by atoms with Crippen molar-refractivity contribution in [3.05, 3.63) is 101 Å². The number of ether oxygens (including phenoxy) is 1. The molecular weight excluding hydrogens is 473 g/mol.